The summed E-state index contributed by atoms with van der Waals surface area (Å²) in [5, 5.41) is 4.17. The minimum absolute atomic E-state index is 0.0794. The average Bonchev–Trinajstić information content (AvgIpc) is 3.40. The second kappa shape index (κ2) is 8.79. The zero-order valence-corrected chi connectivity index (χ0v) is 18.3. The second-order valence-electron chi connectivity index (χ2n) is 7.95. The second-order valence-corrected chi connectivity index (χ2v) is 7.95. The van der Waals surface area contributed by atoms with E-state index >= 15 is 0 Å². The number of benzene rings is 2. The van der Waals surface area contributed by atoms with Crippen LogP contribution in [0.4, 0.5) is 0 Å². The largest absolute Gasteiger partial charge is 0.493 e. The lowest BCUT2D eigenvalue weighted by atomic mass is 10.1. The van der Waals surface area contributed by atoms with Gasteiger partial charge in [-0.15, -0.1) is 0 Å². The van der Waals surface area contributed by atoms with Crippen LogP contribution in [0.5, 0.6) is 11.5 Å². The molecule has 7 nitrogen and oxygen atoms in total. The van der Waals surface area contributed by atoms with Crippen LogP contribution in [0.25, 0.3) is 11.4 Å². The highest BCUT2D eigenvalue weighted by Crippen LogP contribution is 2.31. The van der Waals surface area contributed by atoms with E-state index in [4.69, 9.17) is 14.0 Å². The van der Waals surface area contributed by atoms with Gasteiger partial charge in [0.25, 0.3) is 0 Å². The van der Waals surface area contributed by atoms with Crippen LogP contribution in [-0.4, -0.2) is 48.3 Å². The Labute approximate surface area is 182 Å². The number of rotatable bonds is 7. The summed E-state index contributed by atoms with van der Waals surface area (Å²) >= 11 is 0. The molecule has 1 aliphatic rings. The molecule has 1 amide bonds. The van der Waals surface area contributed by atoms with Crippen LogP contribution < -0.4 is 9.47 Å². The van der Waals surface area contributed by atoms with Gasteiger partial charge in [-0.25, -0.2) is 0 Å². The van der Waals surface area contributed by atoms with E-state index in [0.29, 0.717) is 42.7 Å². The lowest BCUT2D eigenvalue weighted by Crippen LogP contribution is -2.27. The lowest BCUT2D eigenvalue weighted by Gasteiger charge is -2.16. The van der Waals surface area contributed by atoms with E-state index in [0.717, 1.165) is 28.7 Å². The number of likely N-dealkylation sites (tertiary alicyclic amines) is 1. The number of hydrogen-bond donors (Lipinski definition) is 0. The maximum Gasteiger partial charge on any atom is 0.232 e. The van der Waals surface area contributed by atoms with Gasteiger partial charge in [-0.2, -0.15) is 4.98 Å². The molecule has 2 heterocycles. The Bertz CT molecular complexity index is 1090. The van der Waals surface area contributed by atoms with E-state index in [2.05, 4.69) is 28.3 Å². The predicted octanol–water partition coefficient (Wildman–Crippen LogP) is 3.93. The third-order valence-electron chi connectivity index (χ3n) is 5.76. The first kappa shape index (κ1) is 20.9. The van der Waals surface area contributed by atoms with E-state index in [1.807, 2.05) is 36.9 Å². The van der Waals surface area contributed by atoms with Gasteiger partial charge in [0.05, 0.1) is 20.1 Å². The Kier molecular flexibility index (Phi) is 5.93. The Morgan fingerprint density at radius 1 is 1.10 bits per heavy atom. The number of carbonyl (C=O) groups is 1. The molecule has 3 aromatic rings. The lowest BCUT2D eigenvalue weighted by molar-refractivity contribution is -0.127. The Hall–Kier alpha value is -3.35. The molecule has 1 saturated heterocycles. The first-order chi connectivity index (χ1) is 15.0. The third kappa shape index (κ3) is 4.40. The molecule has 31 heavy (non-hydrogen) atoms. The summed E-state index contributed by atoms with van der Waals surface area (Å²) in [5.74, 6) is 2.52. The van der Waals surface area contributed by atoms with Crippen LogP contribution in [0.3, 0.4) is 0 Å². The van der Waals surface area contributed by atoms with Gasteiger partial charge in [-0.05, 0) is 49.6 Å². The molecule has 2 aromatic carbocycles. The van der Waals surface area contributed by atoms with Crippen LogP contribution >= 0.6 is 0 Å². The summed E-state index contributed by atoms with van der Waals surface area (Å²) in [6, 6.07) is 12.0. The van der Waals surface area contributed by atoms with Gasteiger partial charge in [0.15, 0.2) is 11.5 Å². The zero-order chi connectivity index (χ0) is 22.0. The van der Waals surface area contributed by atoms with Crippen molar-refractivity contribution in [3.8, 4) is 22.9 Å². The number of methoxy groups -OCH3 is 2. The van der Waals surface area contributed by atoms with E-state index in [-0.39, 0.29) is 11.8 Å². The molecular weight excluding hydrogens is 394 g/mol. The standard InChI is InChI=1S/C24H27N3O4/c1-15-5-6-16(2)19(11-15)23-25-24(31-26-23)18-13-22(28)27(14-18)10-9-17-7-8-20(29-3)21(12-17)30-4/h5-8,11-12,18H,9-10,13-14H2,1-4H3. The van der Waals surface area contributed by atoms with Crippen molar-refractivity contribution in [2.45, 2.75) is 32.6 Å². The molecule has 1 aliphatic heterocycles. The van der Waals surface area contributed by atoms with Gasteiger partial charge >= 0.3 is 0 Å². The quantitative estimate of drug-likeness (QED) is 0.575. The molecule has 0 N–H and O–H groups in total. The highest BCUT2D eigenvalue weighted by molar-refractivity contribution is 5.79. The summed E-state index contributed by atoms with van der Waals surface area (Å²) in [4.78, 5) is 19.0. The molecule has 0 saturated carbocycles. The van der Waals surface area contributed by atoms with Gasteiger partial charge in [0, 0.05) is 25.1 Å². The van der Waals surface area contributed by atoms with Gasteiger partial charge in [-0.3, -0.25) is 4.79 Å². The molecule has 0 aliphatic carbocycles. The van der Waals surface area contributed by atoms with Gasteiger partial charge < -0.3 is 18.9 Å². The molecule has 0 bridgehead atoms. The highest BCUT2D eigenvalue weighted by atomic mass is 16.5. The summed E-state index contributed by atoms with van der Waals surface area (Å²) in [5.41, 5.74) is 4.29. The van der Waals surface area contributed by atoms with E-state index in [1.165, 1.54) is 0 Å². The molecule has 162 valence electrons. The van der Waals surface area contributed by atoms with E-state index in [1.54, 1.807) is 14.2 Å². The van der Waals surface area contributed by atoms with Crippen molar-refractivity contribution < 1.29 is 18.8 Å². The van der Waals surface area contributed by atoms with Crippen LogP contribution in [0, 0.1) is 13.8 Å². The van der Waals surface area contributed by atoms with Crippen molar-refractivity contribution in [3.05, 3.63) is 59.0 Å². The maximum absolute atomic E-state index is 12.6. The first-order valence-corrected chi connectivity index (χ1v) is 10.4. The number of nitrogens with zero attached hydrogens (tertiary/aromatic N) is 3. The fraction of sp³-hybridized carbons (Fsp3) is 0.375. The molecule has 1 aromatic heterocycles. The fourth-order valence-corrected chi connectivity index (χ4v) is 3.94. The number of aromatic nitrogens is 2. The monoisotopic (exact) mass is 421 g/mol. The summed E-state index contributed by atoms with van der Waals surface area (Å²) in [7, 11) is 3.23. The highest BCUT2D eigenvalue weighted by Gasteiger charge is 2.34. The Balaban J connectivity index is 1.42. The van der Waals surface area contributed by atoms with Gasteiger partial charge in [0.1, 0.15) is 0 Å². The summed E-state index contributed by atoms with van der Waals surface area (Å²) in [6.07, 6.45) is 1.12. The maximum atomic E-state index is 12.6. The van der Waals surface area contributed by atoms with Crippen molar-refractivity contribution >= 4 is 5.91 Å². The predicted molar refractivity (Wildman–Crippen MR) is 116 cm³/mol. The average molecular weight is 421 g/mol. The molecule has 1 unspecified atom stereocenters. The number of ether oxygens (including phenoxy) is 2. The molecule has 0 spiro atoms. The minimum Gasteiger partial charge on any atom is -0.493 e. The molecule has 0 radical (unpaired) electrons. The topological polar surface area (TPSA) is 77.7 Å². The van der Waals surface area contributed by atoms with Gasteiger partial charge in [-0.1, -0.05) is 28.9 Å². The van der Waals surface area contributed by atoms with Crippen molar-refractivity contribution in [2.24, 2.45) is 0 Å². The number of amides is 1. The Morgan fingerprint density at radius 2 is 1.90 bits per heavy atom. The Morgan fingerprint density at radius 3 is 2.68 bits per heavy atom. The van der Waals surface area contributed by atoms with Crippen molar-refractivity contribution in [1.82, 2.24) is 15.0 Å². The van der Waals surface area contributed by atoms with Crippen LogP contribution in [0.15, 0.2) is 40.9 Å². The SMILES string of the molecule is COc1ccc(CCN2CC(c3nc(-c4cc(C)ccc4C)no3)CC2=O)cc1OC. The van der Waals surface area contributed by atoms with Gasteiger partial charge in [0.2, 0.25) is 17.6 Å². The van der Waals surface area contributed by atoms with Crippen molar-refractivity contribution in [2.75, 3.05) is 27.3 Å². The van der Waals surface area contributed by atoms with Crippen LogP contribution in [0.2, 0.25) is 0 Å². The molecular formula is C24H27N3O4. The van der Waals surface area contributed by atoms with Crippen molar-refractivity contribution in [1.29, 1.82) is 0 Å². The fourth-order valence-electron chi connectivity index (χ4n) is 3.94. The normalized spacial score (nSPS) is 16.1. The number of aryl methyl sites for hydroxylation is 2. The van der Waals surface area contributed by atoms with Crippen molar-refractivity contribution in [3.63, 3.8) is 0 Å². The molecule has 4 rings (SSSR count). The number of carbonyl (C=O) groups excluding carboxylic acids is 1. The number of hydrogen-bond acceptors (Lipinski definition) is 6. The van der Waals surface area contributed by atoms with Crippen LogP contribution in [0.1, 0.15) is 34.9 Å². The molecule has 1 atom stereocenters. The van der Waals surface area contributed by atoms with Crippen LogP contribution in [-0.2, 0) is 11.2 Å². The summed E-state index contributed by atoms with van der Waals surface area (Å²) < 4.78 is 16.2. The zero-order valence-electron chi connectivity index (χ0n) is 18.3. The minimum atomic E-state index is -0.0794. The van der Waals surface area contributed by atoms with E-state index < -0.39 is 0 Å². The molecule has 7 heteroatoms. The summed E-state index contributed by atoms with van der Waals surface area (Å²) in [6.45, 7) is 5.28. The smallest absolute Gasteiger partial charge is 0.232 e. The van der Waals surface area contributed by atoms with E-state index in [9.17, 15) is 4.79 Å². The molecule has 1 fully saturated rings. The first-order valence-electron chi connectivity index (χ1n) is 10.4. The third-order valence-corrected chi connectivity index (χ3v) is 5.76.